The Hall–Kier alpha value is -1.51. The van der Waals surface area contributed by atoms with Gasteiger partial charge in [-0.3, -0.25) is 4.79 Å². The number of anilines is 1. The maximum absolute atomic E-state index is 11.7. The Morgan fingerprint density at radius 2 is 1.89 bits per heavy atom. The van der Waals surface area contributed by atoms with Gasteiger partial charge in [0.25, 0.3) is 0 Å². The van der Waals surface area contributed by atoms with Gasteiger partial charge in [0.2, 0.25) is 5.91 Å². The van der Waals surface area contributed by atoms with E-state index in [1.165, 1.54) is 24.1 Å². The highest BCUT2D eigenvalue weighted by Crippen LogP contribution is 2.25. The molecule has 1 saturated heterocycles. The molecular formula is C15H22N2O. The van der Waals surface area contributed by atoms with Gasteiger partial charge in [-0.05, 0) is 30.9 Å². The molecule has 1 heterocycles. The van der Waals surface area contributed by atoms with Crippen LogP contribution in [0.4, 0.5) is 5.69 Å². The van der Waals surface area contributed by atoms with Gasteiger partial charge < -0.3 is 9.80 Å². The number of hydrogen-bond acceptors (Lipinski definition) is 2. The molecule has 1 fully saturated rings. The van der Waals surface area contributed by atoms with E-state index in [9.17, 15) is 4.79 Å². The summed E-state index contributed by atoms with van der Waals surface area (Å²) < 4.78 is 0. The highest BCUT2D eigenvalue weighted by molar-refractivity contribution is 5.76. The maximum Gasteiger partial charge on any atom is 0.222 e. The minimum Gasteiger partial charge on any atom is -0.371 e. The van der Waals surface area contributed by atoms with Crippen molar-refractivity contribution in [2.24, 2.45) is 0 Å². The smallest absolute Gasteiger partial charge is 0.222 e. The van der Waals surface area contributed by atoms with E-state index in [2.05, 4.69) is 29.2 Å². The number of amides is 1. The Kier molecular flexibility index (Phi) is 4.24. The van der Waals surface area contributed by atoms with Crippen molar-refractivity contribution in [2.45, 2.75) is 25.7 Å². The highest BCUT2D eigenvalue weighted by atomic mass is 16.2. The zero-order valence-electron chi connectivity index (χ0n) is 11.4. The zero-order chi connectivity index (χ0) is 13.0. The van der Waals surface area contributed by atoms with Crippen molar-refractivity contribution >= 4 is 11.6 Å². The molecule has 0 aromatic heterocycles. The Bertz CT molecular complexity index is 409. The van der Waals surface area contributed by atoms with Crippen molar-refractivity contribution in [3.05, 3.63) is 29.8 Å². The lowest BCUT2D eigenvalue weighted by molar-refractivity contribution is -0.128. The molecule has 1 aliphatic heterocycles. The van der Waals surface area contributed by atoms with Gasteiger partial charge in [0.05, 0.1) is 0 Å². The van der Waals surface area contributed by atoms with Gasteiger partial charge >= 0.3 is 0 Å². The van der Waals surface area contributed by atoms with Crippen molar-refractivity contribution in [1.82, 2.24) is 4.90 Å². The average Bonchev–Trinajstić information content (AvgIpc) is 2.89. The Morgan fingerprint density at radius 3 is 2.56 bits per heavy atom. The fourth-order valence-electron chi connectivity index (χ4n) is 2.45. The van der Waals surface area contributed by atoms with E-state index in [1.54, 1.807) is 4.90 Å². The van der Waals surface area contributed by atoms with Gasteiger partial charge in [0, 0.05) is 39.3 Å². The quantitative estimate of drug-likeness (QED) is 0.814. The third kappa shape index (κ3) is 3.03. The SMILES string of the molecule is CN(C)C(=O)CCc1ccccc1N1CCCC1. The molecule has 0 saturated carbocycles. The zero-order valence-corrected chi connectivity index (χ0v) is 11.4. The van der Waals surface area contributed by atoms with Crippen LogP contribution in [0, 0.1) is 0 Å². The summed E-state index contributed by atoms with van der Waals surface area (Å²) in [4.78, 5) is 15.8. The topological polar surface area (TPSA) is 23.6 Å². The molecule has 3 nitrogen and oxygen atoms in total. The molecule has 0 atom stereocenters. The van der Waals surface area contributed by atoms with E-state index in [0.29, 0.717) is 6.42 Å². The van der Waals surface area contributed by atoms with E-state index in [4.69, 9.17) is 0 Å². The third-order valence-electron chi connectivity index (χ3n) is 3.55. The van der Waals surface area contributed by atoms with Gasteiger partial charge in [-0.25, -0.2) is 0 Å². The normalized spacial score (nSPS) is 14.9. The molecule has 3 heteroatoms. The molecule has 0 unspecified atom stereocenters. The van der Waals surface area contributed by atoms with Crippen LogP contribution in [0.1, 0.15) is 24.8 Å². The monoisotopic (exact) mass is 246 g/mol. The van der Waals surface area contributed by atoms with E-state index in [-0.39, 0.29) is 5.91 Å². The number of benzene rings is 1. The minimum absolute atomic E-state index is 0.200. The molecule has 0 aliphatic carbocycles. The van der Waals surface area contributed by atoms with E-state index in [0.717, 1.165) is 19.5 Å². The second-order valence-corrected chi connectivity index (χ2v) is 5.11. The summed E-state index contributed by atoms with van der Waals surface area (Å²) in [5.41, 5.74) is 2.62. The molecule has 0 bridgehead atoms. The van der Waals surface area contributed by atoms with Crippen LogP contribution in [0.2, 0.25) is 0 Å². The molecule has 1 amide bonds. The fourth-order valence-corrected chi connectivity index (χ4v) is 2.45. The van der Waals surface area contributed by atoms with Crippen LogP contribution in [0.25, 0.3) is 0 Å². The molecule has 98 valence electrons. The molecule has 1 aromatic carbocycles. The molecule has 1 aromatic rings. The number of carbonyl (C=O) groups is 1. The first kappa shape index (κ1) is 12.9. The number of rotatable bonds is 4. The standard InChI is InChI=1S/C15H22N2O/c1-16(2)15(18)10-9-13-7-3-4-8-14(13)17-11-5-6-12-17/h3-4,7-8H,5-6,9-12H2,1-2H3. The van der Waals surface area contributed by atoms with Gasteiger partial charge in [0.1, 0.15) is 0 Å². The minimum atomic E-state index is 0.200. The summed E-state index contributed by atoms with van der Waals surface area (Å²) in [5.74, 6) is 0.200. The predicted octanol–water partition coefficient (Wildman–Crippen LogP) is 2.31. The van der Waals surface area contributed by atoms with Gasteiger partial charge in [-0.15, -0.1) is 0 Å². The lowest BCUT2D eigenvalue weighted by Gasteiger charge is -2.21. The number of hydrogen-bond donors (Lipinski definition) is 0. The average molecular weight is 246 g/mol. The summed E-state index contributed by atoms with van der Waals surface area (Å²) in [6.07, 6.45) is 4.00. The van der Waals surface area contributed by atoms with Crippen LogP contribution in [-0.4, -0.2) is 38.0 Å². The Labute approximate surface area is 109 Å². The fraction of sp³-hybridized carbons (Fsp3) is 0.533. The Morgan fingerprint density at radius 1 is 1.22 bits per heavy atom. The first-order chi connectivity index (χ1) is 8.68. The number of para-hydroxylation sites is 1. The van der Waals surface area contributed by atoms with Crippen LogP contribution in [-0.2, 0) is 11.2 Å². The second-order valence-electron chi connectivity index (χ2n) is 5.11. The van der Waals surface area contributed by atoms with Gasteiger partial charge in [-0.2, -0.15) is 0 Å². The highest BCUT2D eigenvalue weighted by Gasteiger charge is 2.15. The summed E-state index contributed by atoms with van der Waals surface area (Å²) in [6, 6.07) is 8.48. The first-order valence-corrected chi connectivity index (χ1v) is 6.71. The van der Waals surface area contributed by atoms with Crippen molar-refractivity contribution < 1.29 is 4.79 Å². The lowest BCUT2D eigenvalue weighted by Crippen LogP contribution is -2.23. The van der Waals surface area contributed by atoms with Crippen LogP contribution >= 0.6 is 0 Å². The van der Waals surface area contributed by atoms with Crippen molar-refractivity contribution in [2.75, 3.05) is 32.1 Å². The van der Waals surface area contributed by atoms with Crippen molar-refractivity contribution in [1.29, 1.82) is 0 Å². The lowest BCUT2D eigenvalue weighted by atomic mass is 10.1. The summed E-state index contributed by atoms with van der Waals surface area (Å²) in [5, 5.41) is 0. The van der Waals surface area contributed by atoms with Crippen LogP contribution in [0.5, 0.6) is 0 Å². The number of nitrogens with zero attached hydrogens (tertiary/aromatic N) is 2. The van der Waals surface area contributed by atoms with Gasteiger partial charge in [0.15, 0.2) is 0 Å². The third-order valence-corrected chi connectivity index (χ3v) is 3.55. The first-order valence-electron chi connectivity index (χ1n) is 6.71. The Balaban J connectivity index is 2.05. The summed E-state index contributed by atoms with van der Waals surface area (Å²) >= 11 is 0. The van der Waals surface area contributed by atoms with E-state index >= 15 is 0 Å². The van der Waals surface area contributed by atoms with Gasteiger partial charge in [-0.1, -0.05) is 18.2 Å². The molecule has 0 N–H and O–H groups in total. The summed E-state index contributed by atoms with van der Waals surface area (Å²) in [6.45, 7) is 2.30. The van der Waals surface area contributed by atoms with Crippen LogP contribution in [0.3, 0.4) is 0 Å². The van der Waals surface area contributed by atoms with Crippen molar-refractivity contribution in [3.8, 4) is 0 Å². The largest absolute Gasteiger partial charge is 0.371 e. The van der Waals surface area contributed by atoms with Crippen LogP contribution in [0.15, 0.2) is 24.3 Å². The number of carbonyl (C=O) groups excluding carboxylic acids is 1. The molecular weight excluding hydrogens is 224 g/mol. The van der Waals surface area contributed by atoms with E-state index < -0.39 is 0 Å². The predicted molar refractivity (Wildman–Crippen MR) is 74.9 cm³/mol. The second kappa shape index (κ2) is 5.89. The maximum atomic E-state index is 11.7. The molecule has 0 spiro atoms. The molecule has 18 heavy (non-hydrogen) atoms. The molecule has 0 radical (unpaired) electrons. The number of aryl methyl sites for hydroxylation is 1. The molecule has 1 aliphatic rings. The van der Waals surface area contributed by atoms with E-state index in [1.807, 2.05) is 14.1 Å². The van der Waals surface area contributed by atoms with Crippen molar-refractivity contribution in [3.63, 3.8) is 0 Å². The summed E-state index contributed by atoms with van der Waals surface area (Å²) in [7, 11) is 3.63. The molecule has 2 rings (SSSR count). The van der Waals surface area contributed by atoms with Crippen LogP contribution < -0.4 is 4.90 Å².